The summed E-state index contributed by atoms with van der Waals surface area (Å²) in [6.45, 7) is 1.48. The van der Waals surface area contributed by atoms with Crippen molar-refractivity contribution in [2.75, 3.05) is 13.1 Å². The first kappa shape index (κ1) is 7.91. The van der Waals surface area contributed by atoms with Crippen LogP contribution >= 0.6 is 11.5 Å². The molecule has 0 saturated heterocycles. The van der Waals surface area contributed by atoms with E-state index < -0.39 is 0 Å². The van der Waals surface area contributed by atoms with Gasteiger partial charge in [0.2, 0.25) is 0 Å². The number of nitrogens with one attached hydrogen (secondary N) is 1. The largest absolute Gasteiger partial charge is 0.388 e. The minimum Gasteiger partial charge on any atom is -0.388 e. The maximum atomic E-state index is 9.32. The topological polar surface area (TPSA) is 45.2 Å². The van der Waals surface area contributed by atoms with Crippen molar-refractivity contribution in [1.82, 2.24) is 9.69 Å². The van der Waals surface area contributed by atoms with Crippen LogP contribution in [0.5, 0.6) is 0 Å². The summed E-state index contributed by atoms with van der Waals surface area (Å²) >= 11 is 1.43. The van der Waals surface area contributed by atoms with Crippen molar-refractivity contribution in [1.29, 1.82) is 0 Å². The van der Waals surface area contributed by atoms with Gasteiger partial charge in [-0.2, -0.15) is 0 Å². The van der Waals surface area contributed by atoms with Gasteiger partial charge in [-0.25, -0.2) is 4.37 Å². The molecular weight excluding hydrogens is 172 g/mol. The maximum Gasteiger partial charge on any atom is 0.0851 e. The van der Waals surface area contributed by atoms with E-state index in [1.165, 1.54) is 11.5 Å². The molecule has 1 aliphatic rings. The second-order valence-electron chi connectivity index (χ2n) is 2.80. The molecule has 0 aromatic carbocycles. The number of hydrogen-bond donors (Lipinski definition) is 2. The Labute approximate surface area is 74.9 Å². The first-order chi connectivity index (χ1) is 5.86. The molecule has 1 aromatic heterocycles. The van der Waals surface area contributed by atoms with E-state index >= 15 is 0 Å². The van der Waals surface area contributed by atoms with Crippen LogP contribution in [0.25, 0.3) is 5.57 Å². The molecule has 0 fully saturated rings. The highest BCUT2D eigenvalue weighted by Crippen LogP contribution is 2.17. The summed E-state index contributed by atoms with van der Waals surface area (Å²) < 4.78 is 4.01. The van der Waals surface area contributed by atoms with Crippen LogP contribution in [0.4, 0.5) is 0 Å². The van der Waals surface area contributed by atoms with Gasteiger partial charge in [-0.15, -0.1) is 0 Å². The van der Waals surface area contributed by atoms with Crippen LogP contribution in [-0.4, -0.2) is 28.7 Å². The highest BCUT2D eigenvalue weighted by Gasteiger charge is 2.11. The maximum absolute atomic E-state index is 9.32. The van der Waals surface area contributed by atoms with Gasteiger partial charge in [0.25, 0.3) is 0 Å². The molecule has 1 atom stereocenters. The fourth-order valence-corrected chi connectivity index (χ4v) is 1.83. The third-order valence-corrected chi connectivity index (χ3v) is 2.45. The summed E-state index contributed by atoms with van der Waals surface area (Å²) in [7, 11) is 0. The number of nitrogens with zero attached hydrogens (tertiary/aromatic N) is 1. The molecule has 64 valence electrons. The van der Waals surface area contributed by atoms with Gasteiger partial charge in [0.1, 0.15) is 0 Å². The predicted molar refractivity (Wildman–Crippen MR) is 49.0 cm³/mol. The average Bonchev–Trinajstić information content (AvgIpc) is 2.56. The fraction of sp³-hybridized carbons (Fsp3) is 0.375. The Morgan fingerprint density at radius 3 is 3.25 bits per heavy atom. The quantitative estimate of drug-likeness (QED) is 0.664. The summed E-state index contributed by atoms with van der Waals surface area (Å²) in [5.74, 6) is 0. The molecule has 1 aliphatic heterocycles. The number of rotatable bonds is 1. The Kier molecular flexibility index (Phi) is 2.21. The minimum atomic E-state index is -0.353. The summed E-state index contributed by atoms with van der Waals surface area (Å²) in [6, 6.07) is 0. The zero-order chi connectivity index (χ0) is 8.39. The highest BCUT2D eigenvalue weighted by molar-refractivity contribution is 7.03. The fourth-order valence-electron chi connectivity index (χ4n) is 1.27. The van der Waals surface area contributed by atoms with E-state index in [0.717, 1.165) is 17.7 Å². The SMILES string of the molecule is OC1C=C(c2cnsc2)CNC1. The van der Waals surface area contributed by atoms with Crippen LogP contribution in [0.3, 0.4) is 0 Å². The van der Waals surface area contributed by atoms with Crippen molar-refractivity contribution in [3.05, 3.63) is 23.2 Å². The average molecular weight is 182 g/mol. The molecule has 4 heteroatoms. The van der Waals surface area contributed by atoms with Gasteiger partial charge in [0.15, 0.2) is 0 Å². The number of aliphatic hydroxyl groups excluding tert-OH is 1. The number of aromatic nitrogens is 1. The number of hydrogen-bond acceptors (Lipinski definition) is 4. The summed E-state index contributed by atoms with van der Waals surface area (Å²) in [6.07, 6.45) is 3.37. The van der Waals surface area contributed by atoms with Gasteiger partial charge in [0, 0.05) is 30.2 Å². The molecule has 1 unspecified atom stereocenters. The molecule has 2 heterocycles. The Balaban J connectivity index is 2.23. The molecule has 3 nitrogen and oxygen atoms in total. The van der Waals surface area contributed by atoms with Crippen molar-refractivity contribution in [3.8, 4) is 0 Å². The lowest BCUT2D eigenvalue weighted by Crippen LogP contribution is -2.31. The van der Waals surface area contributed by atoms with Gasteiger partial charge in [-0.05, 0) is 23.2 Å². The Morgan fingerprint density at radius 1 is 1.67 bits per heavy atom. The molecular formula is C8H10N2OS. The smallest absolute Gasteiger partial charge is 0.0851 e. The molecule has 0 radical (unpaired) electrons. The monoisotopic (exact) mass is 182 g/mol. The Bertz CT molecular complexity index is 281. The van der Waals surface area contributed by atoms with Crippen molar-refractivity contribution in [2.45, 2.75) is 6.10 Å². The van der Waals surface area contributed by atoms with Crippen LogP contribution in [0.2, 0.25) is 0 Å². The first-order valence-electron chi connectivity index (χ1n) is 3.85. The molecule has 2 N–H and O–H groups in total. The van der Waals surface area contributed by atoms with Gasteiger partial charge < -0.3 is 10.4 Å². The Morgan fingerprint density at radius 2 is 2.58 bits per heavy atom. The van der Waals surface area contributed by atoms with Crippen LogP contribution in [-0.2, 0) is 0 Å². The molecule has 0 aliphatic carbocycles. The van der Waals surface area contributed by atoms with Crippen molar-refractivity contribution >= 4 is 17.1 Å². The lowest BCUT2D eigenvalue weighted by Gasteiger charge is -2.17. The van der Waals surface area contributed by atoms with Crippen LogP contribution < -0.4 is 5.32 Å². The summed E-state index contributed by atoms with van der Waals surface area (Å²) in [5, 5.41) is 14.4. The number of aliphatic hydroxyl groups is 1. The van der Waals surface area contributed by atoms with Crippen LogP contribution in [0.1, 0.15) is 5.56 Å². The molecule has 12 heavy (non-hydrogen) atoms. The third-order valence-electron chi connectivity index (χ3n) is 1.87. The minimum absolute atomic E-state index is 0.353. The van der Waals surface area contributed by atoms with E-state index in [2.05, 4.69) is 9.69 Å². The van der Waals surface area contributed by atoms with E-state index in [9.17, 15) is 5.11 Å². The third kappa shape index (κ3) is 1.55. The van der Waals surface area contributed by atoms with Gasteiger partial charge >= 0.3 is 0 Å². The lowest BCUT2D eigenvalue weighted by molar-refractivity contribution is 0.217. The van der Waals surface area contributed by atoms with Gasteiger partial charge in [-0.3, -0.25) is 0 Å². The summed E-state index contributed by atoms with van der Waals surface area (Å²) in [5.41, 5.74) is 2.26. The van der Waals surface area contributed by atoms with Crippen molar-refractivity contribution < 1.29 is 5.11 Å². The number of β-amino-alcohol motifs (C(OH)–C–C–N with tert-alkyl or cyclic N) is 1. The predicted octanol–water partition coefficient (Wildman–Crippen LogP) is 0.491. The van der Waals surface area contributed by atoms with E-state index in [1.54, 1.807) is 0 Å². The molecule has 1 aromatic rings. The summed E-state index contributed by atoms with van der Waals surface area (Å²) in [4.78, 5) is 0. The van der Waals surface area contributed by atoms with Crippen LogP contribution in [0.15, 0.2) is 17.7 Å². The Hall–Kier alpha value is -0.710. The highest BCUT2D eigenvalue weighted by atomic mass is 32.1. The van der Waals surface area contributed by atoms with Crippen molar-refractivity contribution in [3.63, 3.8) is 0 Å². The van der Waals surface area contributed by atoms with E-state index in [-0.39, 0.29) is 6.10 Å². The normalized spacial score (nSPS) is 23.8. The second kappa shape index (κ2) is 3.35. The van der Waals surface area contributed by atoms with Gasteiger partial charge in [-0.1, -0.05) is 0 Å². The van der Waals surface area contributed by atoms with Crippen molar-refractivity contribution in [2.24, 2.45) is 0 Å². The van der Waals surface area contributed by atoms with E-state index in [4.69, 9.17) is 0 Å². The second-order valence-corrected chi connectivity index (χ2v) is 3.46. The van der Waals surface area contributed by atoms with Crippen LogP contribution in [0, 0.1) is 0 Å². The molecule has 2 rings (SSSR count). The molecule has 0 bridgehead atoms. The standard InChI is InChI=1S/C8H10N2OS/c11-8-1-6(2-9-4-8)7-3-10-12-5-7/h1,3,5,8-9,11H,2,4H2. The molecule has 0 amide bonds. The zero-order valence-corrected chi connectivity index (χ0v) is 7.34. The lowest BCUT2D eigenvalue weighted by atomic mass is 10.1. The van der Waals surface area contributed by atoms with E-state index in [1.807, 2.05) is 17.7 Å². The molecule has 0 saturated carbocycles. The zero-order valence-electron chi connectivity index (χ0n) is 6.53. The first-order valence-corrected chi connectivity index (χ1v) is 4.69. The van der Waals surface area contributed by atoms with E-state index in [0.29, 0.717) is 6.54 Å². The molecule has 0 spiro atoms. The van der Waals surface area contributed by atoms with Gasteiger partial charge in [0.05, 0.1) is 6.10 Å².